The number of anilines is 3. The number of rotatable bonds is 8. The highest BCUT2D eigenvalue weighted by atomic mass is 32.2. The van der Waals surface area contributed by atoms with Gasteiger partial charge in [-0.05, 0) is 67.9 Å². The van der Waals surface area contributed by atoms with E-state index in [9.17, 15) is 8.42 Å². The van der Waals surface area contributed by atoms with Crippen LogP contribution in [0.15, 0.2) is 84.1 Å². The number of fused-ring (bicyclic) bond motifs is 1. The van der Waals surface area contributed by atoms with E-state index < -0.39 is 10.0 Å². The number of benzene rings is 2. The third-order valence-corrected chi connectivity index (χ3v) is 7.83. The van der Waals surface area contributed by atoms with E-state index in [0.717, 1.165) is 32.0 Å². The number of nitrogens with one attached hydrogen (secondary N) is 2. The van der Waals surface area contributed by atoms with Crippen molar-refractivity contribution < 1.29 is 13.2 Å². The van der Waals surface area contributed by atoms with Crippen LogP contribution in [0, 0.1) is 6.92 Å². The van der Waals surface area contributed by atoms with Gasteiger partial charge in [-0.3, -0.25) is 4.72 Å². The van der Waals surface area contributed by atoms with Gasteiger partial charge in [0.15, 0.2) is 0 Å². The molecule has 5 rings (SSSR count). The summed E-state index contributed by atoms with van der Waals surface area (Å²) >= 11 is 1.60. The Morgan fingerprint density at radius 3 is 2.42 bits per heavy atom. The van der Waals surface area contributed by atoms with Crippen molar-refractivity contribution in [1.29, 1.82) is 0 Å². The number of pyridine rings is 1. The van der Waals surface area contributed by atoms with Crippen molar-refractivity contribution in [3.63, 3.8) is 0 Å². The second kappa shape index (κ2) is 9.92. The Morgan fingerprint density at radius 1 is 0.944 bits per heavy atom. The average Bonchev–Trinajstić information content (AvgIpc) is 3.22. The van der Waals surface area contributed by atoms with Crippen LogP contribution < -0.4 is 14.8 Å². The first-order valence-corrected chi connectivity index (χ1v) is 13.5. The van der Waals surface area contributed by atoms with Gasteiger partial charge in [0.2, 0.25) is 0 Å². The van der Waals surface area contributed by atoms with Gasteiger partial charge in [-0.15, -0.1) is 11.3 Å². The summed E-state index contributed by atoms with van der Waals surface area (Å²) in [7, 11) is -3.76. The molecule has 5 aromatic rings. The molecular formula is C26H23N5O3S2. The van der Waals surface area contributed by atoms with Gasteiger partial charge in [0, 0.05) is 22.3 Å². The van der Waals surface area contributed by atoms with Gasteiger partial charge in [0.25, 0.3) is 10.0 Å². The number of ether oxygens (including phenoxy) is 1. The Bertz CT molecular complexity index is 1600. The molecule has 36 heavy (non-hydrogen) atoms. The molecule has 0 spiro atoms. The van der Waals surface area contributed by atoms with Crippen molar-refractivity contribution in [3.8, 4) is 16.9 Å². The van der Waals surface area contributed by atoms with E-state index in [4.69, 9.17) is 4.74 Å². The van der Waals surface area contributed by atoms with Crippen LogP contribution in [0.5, 0.6) is 5.75 Å². The molecule has 2 aromatic carbocycles. The largest absolute Gasteiger partial charge is 0.494 e. The molecule has 0 saturated heterocycles. The predicted molar refractivity (Wildman–Crippen MR) is 144 cm³/mol. The van der Waals surface area contributed by atoms with Crippen LogP contribution in [0.25, 0.3) is 21.3 Å². The molecular weight excluding hydrogens is 494 g/mol. The van der Waals surface area contributed by atoms with E-state index in [2.05, 4.69) is 31.9 Å². The predicted octanol–water partition coefficient (Wildman–Crippen LogP) is 6.00. The molecule has 182 valence electrons. The van der Waals surface area contributed by atoms with Crippen molar-refractivity contribution in [2.75, 3.05) is 16.6 Å². The monoisotopic (exact) mass is 517 g/mol. The average molecular weight is 518 g/mol. The zero-order valence-electron chi connectivity index (χ0n) is 19.6. The smallest absolute Gasteiger partial charge is 0.263 e. The maximum Gasteiger partial charge on any atom is 0.263 e. The number of aromatic nitrogens is 3. The first-order chi connectivity index (χ1) is 17.4. The van der Waals surface area contributed by atoms with Crippen LogP contribution in [-0.4, -0.2) is 30.0 Å². The molecule has 0 radical (unpaired) electrons. The summed E-state index contributed by atoms with van der Waals surface area (Å²) in [6.07, 6.45) is 3.05. The molecule has 0 amide bonds. The fraction of sp³-hybridized carbons (Fsp3) is 0.115. The molecule has 8 nitrogen and oxygen atoms in total. The molecule has 0 atom stereocenters. The Kier molecular flexibility index (Phi) is 6.53. The first-order valence-electron chi connectivity index (χ1n) is 11.2. The van der Waals surface area contributed by atoms with Gasteiger partial charge in [-0.2, -0.15) is 0 Å². The van der Waals surface area contributed by atoms with Gasteiger partial charge >= 0.3 is 0 Å². The molecule has 10 heteroatoms. The molecule has 3 aromatic heterocycles. The fourth-order valence-corrected chi connectivity index (χ4v) is 5.87. The van der Waals surface area contributed by atoms with Crippen molar-refractivity contribution >= 4 is 48.9 Å². The fourth-order valence-electron chi connectivity index (χ4n) is 3.84. The summed E-state index contributed by atoms with van der Waals surface area (Å²) in [6, 6.07) is 19.5. The second-order valence-corrected chi connectivity index (χ2v) is 10.7. The van der Waals surface area contributed by atoms with Crippen LogP contribution in [0.3, 0.4) is 0 Å². The third kappa shape index (κ3) is 4.86. The molecule has 0 unspecified atom stereocenters. The molecule has 2 N–H and O–H groups in total. The van der Waals surface area contributed by atoms with E-state index >= 15 is 0 Å². The van der Waals surface area contributed by atoms with Gasteiger partial charge in [0.05, 0.1) is 16.9 Å². The van der Waals surface area contributed by atoms with E-state index in [-0.39, 0.29) is 10.7 Å². The second-order valence-electron chi connectivity index (χ2n) is 7.86. The topological polar surface area (TPSA) is 106 Å². The lowest BCUT2D eigenvalue weighted by Crippen LogP contribution is -2.13. The molecule has 0 saturated carbocycles. The van der Waals surface area contributed by atoms with Gasteiger partial charge in [-0.1, -0.05) is 18.2 Å². The Hall–Kier alpha value is -4.02. The lowest BCUT2D eigenvalue weighted by atomic mass is 10.0. The van der Waals surface area contributed by atoms with Crippen molar-refractivity contribution in [2.24, 2.45) is 0 Å². The first kappa shape index (κ1) is 23.7. The summed E-state index contributed by atoms with van der Waals surface area (Å²) in [5, 5.41) is 4.25. The molecule has 0 aliphatic heterocycles. The van der Waals surface area contributed by atoms with E-state index in [1.165, 1.54) is 24.7 Å². The summed E-state index contributed by atoms with van der Waals surface area (Å²) < 4.78 is 33.5. The van der Waals surface area contributed by atoms with Crippen LogP contribution >= 0.6 is 11.3 Å². The molecule has 0 aliphatic carbocycles. The maximum atomic E-state index is 12.7. The zero-order valence-corrected chi connectivity index (χ0v) is 21.2. The van der Waals surface area contributed by atoms with Gasteiger partial charge in [0.1, 0.15) is 28.5 Å². The molecule has 3 heterocycles. The summed E-state index contributed by atoms with van der Waals surface area (Å²) in [5.41, 5.74) is 2.80. The van der Waals surface area contributed by atoms with E-state index in [0.29, 0.717) is 18.1 Å². The number of aryl methyl sites for hydroxylation is 1. The lowest BCUT2D eigenvalue weighted by Gasteiger charge is -2.11. The van der Waals surface area contributed by atoms with Crippen LogP contribution in [-0.2, 0) is 10.0 Å². The SMILES string of the molecule is CCOc1ccc(-c2c(C)sc3ncnc(Nc4ccc(S(=O)(=O)Nc5ccccn5)cc4)c23)cc1. The number of sulfonamides is 1. The normalized spacial score (nSPS) is 11.4. The molecule has 0 bridgehead atoms. The number of nitrogens with zero attached hydrogens (tertiary/aromatic N) is 3. The highest BCUT2D eigenvalue weighted by molar-refractivity contribution is 7.92. The maximum absolute atomic E-state index is 12.7. The van der Waals surface area contributed by atoms with Gasteiger partial charge in [-0.25, -0.2) is 23.4 Å². The van der Waals surface area contributed by atoms with E-state index in [1.54, 1.807) is 41.7 Å². The van der Waals surface area contributed by atoms with Crippen LogP contribution in [0.2, 0.25) is 0 Å². The van der Waals surface area contributed by atoms with Crippen LogP contribution in [0.1, 0.15) is 11.8 Å². The van der Waals surface area contributed by atoms with Crippen molar-refractivity contribution in [3.05, 3.63) is 84.1 Å². The Morgan fingerprint density at radius 2 is 1.72 bits per heavy atom. The molecule has 0 aliphatic rings. The Balaban J connectivity index is 1.44. The zero-order chi connectivity index (χ0) is 25.1. The van der Waals surface area contributed by atoms with Gasteiger partial charge < -0.3 is 10.1 Å². The Labute approximate surface area is 213 Å². The van der Waals surface area contributed by atoms with E-state index in [1.807, 2.05) is 31.2 Å². The minimum Gasteiger partial charge on any atom is -0.494 e. The highest BCUT2D eigenvalue weighted by Gasteiger charge is 2.18. The minimum absolute atomic E-state index is 0.132. The number of thiophene rings is 1. The lowest BCUT2D eigenvalue weighted by molar-refractivity contribution is 0.340. The summed E-state index contributed by atoms with van der Waals surface area (Å²) in [4.78, 5) is 15.1. The number of hydrogen-bond donors (Lipinski definition) is 2. The summed E-state index contributed by atoms with van der Waals surface area (Å²) in [6.45, 7) is 4.63. The minimum atomic E-state index is -3.76. The summed E-state index contributed by atoms with van der Waals surface area (Å²) in [5.74, 6) is 1.73. The third-order valence-electron chi connectivity index (χ3n) is 5.45. The van der Waals surface area contributed by atoms with Crippen molar-refractivity contribution in [2.45, 2.75) is 18.7 Å². The van der Waals surface area contributed by atoms with Crippen LogP contribution in [0.4, 0.5) is 17.3 Å². The molecule has 0 fully saturated rings. The quantitative estimate of drug-likeness (QED) is 0.260. The standard InChI is InChI=1S/C26H23N5O3S2/c1-3-34-20-11-7-18(8-12-20)23-17(2)35-26-24(23)25(28-16-29-26)30-19-9-13-21(14-10-19)36(32,33)31-22-6-4-5-15-27-22/h4-16H,3H2,1-2H3,(H,27,31)(H,28,29,30). The van der Waals surface area contributed by atoms with Crippen molar-refractivity contribution in [1.82, 2.24) is 15.0 Å². The number of hydrogen-bond acceptors (Lipinski definition) is 8. The highest BCUT2D eigenvalue weighted by Crippen LogP contribution is 2.41.